The standard InChI is InChI=1S/C19H16Br2N2O4/c1-10-15(18(25)27-9-11-5-3-2-4-6-11)16(23-19(26)22-10)13-7-12(20)8-14(21)17(13)24/h2-8,16,24H,9H2,1H3,(H2,22,23,26). The van der Waals surface area contributed by atoms with E-state index in [1.54, 1.807) is 19.1 Å². The van der Waals surface area contributed by atoms with Crippen molar-refractivity contribution in [1.82, 2.24) is 10.6 Å². The van der Waals surface area contributed by atoms with Crippen LogP contribution in [0.3, 0.4) is 0 Å². The first kappa shape index (κ1) is 19.4. The Bertz CT molecular complexity index is 929. The topological polar surface area (TPSA) is 87.7 Å². The molecule has 0 saturated heterocycles. The van der Waals surface area contributed by atoms with Gasteiger partial charge in [-0.15, -0.1) is 0 Å². The molecule has 2 aromatic carbocycles. The molecule has 3 N–H and O–H groups in total. The highest BCUT2D eigenvalue weighted by Gasteiger charge is 2.34. The zero-order valence-corrected chi connectivity index (χ0v) is 17.4. The van der Waals surface area contributed by atoms with Gasteiger partial charge in [0, 0.05) is 15.7 Å². The molecule has 0 bridgehead atoms. The number of carbonyl (C=O) groups excluding carboxylic acids is 2. The second-order valence-electron chi connectivity index (χ2n) is 5.96. The number of halogens is 2. The normalized spacial score (nSPS) is 16.6. The molecule has 1 aliphatic rings. The monoisotopic (exact) mass is 494 g/mol. The fourth-order valence-corrected chi connectivity index (χ4v) is 4.06. The first-order chi connectivity index (χ1) is 12.9. The molecule has 0 aromatic heterocycles. The number of aromatic hydroxyl groups is 1. The van der Waals surface area contributed by atoms with Crippen LogP contribution in [-0.4, -0.2) is 17.1 Å². The maximum atomic E-state index is 12.8. The molecule has 8 heteroatoms. The van der Waals surface area contributed by atoms with E-state index in [2.05, 4.69) is 42.5 Å². The summed E-state index contributed by atoms with van der Waals surface area (Å²) in [7, 11) is 0. The average Bonchev–Trinajstić information content (AvgIpc) is 2.63. The molecule has 140 valence electrons. The maximum absolute atomic E-state index is 12.8. The van der Waals surface area contributed by atoms with Crippen molar-refractivity contribution in [1.29, 1.82) is 0 Å². The van der Waals surface area contributed by atoms with E-state index in [0.717, 1.165) is 5.56 Å². The molecule has 6 nitrogen and oxygen atoms in total. The van der Waals surface area contributed by atoms with Crippen LogP contribution in [0, 0.1) is 0 Å². The predicted molar refractivity (Wildman–Crippen MR) is 107 cm³/mol. The SMILES string of the molecule is CC1=C(C(=O)OCc2ccccc2)C(c2cc(Br)cc(Br)c2O)NC(=O)N1. The van der Waals surface area contributed by atoms with Crippen molar-refractivity contribution < 1.29 is 19.4 Å². The number of phenolic OH excluding ortho intramolecular Hbond substituents is 1. The van der Waals surface area contributed by atoms with Crippen molar-refractivity contribution in [2.24, 2.45) is 0 Å². The lowest BCUT2D eigenvalue weighted by Gasteiger charge is -2.29. The molecule has 0 spiro atoms. The number of rotatable bonds is 4. The molecular formula is C19H16Br2N2O4. The second kappa shape index (κ2) is 8.14. The molecule has 1 atom stereocenters. The van der Waals surface area contributed by atoms with Gasteiger partial charge in [0.1, 0.15) is 12.4 Å². The van der Waals surface area contributed by atoms with Gasteiger partial charge in [0.25, 0.3) is 0 Å². The number of urea groups is 1. The Morgan fingerprint density at radius 1 is 1.22 bits per heavy atom. The van der Waals surface area contributed by atoms with Gasteiger partial charge >= 0.3 is 12.0 Å². The number of allylic oxidation sites excluding steroid dienone is 1. The van der Waals surface area contributed by atoms with Crippen LogP contribution >= 0.6 is 31.9 Å². The molecule has 2 amide bonds. The smallest absolute Gasteiger partial charge is 0.338 e. The van der Waals surface area contributed by atoms with Gasteiger partial charge < -0.3 is 20.5 Å². The number of hydrogen-bond donors (Lipinski definition) is 3. The lowest BCUT2D eigenvalue weighted by Crippen LogP contribution is -2.45. The highest BCUT2D eigenvalue weighted by molar-refractivity contribution is 9.11. The van der Waals surface area contributed by atoms with Crippen LogP contribution in [0.15, 0.2) is 62.7 Å². The molecule has 27 heavy (non-hydrogen) atoms. The molecule has 1 heterocycles. The molecule has 0 saturated carbocycles. The van der Waals surface area contributed by atoms with E-state index in [4.69, 9.17) is 4.74 Å². The third-order valence-corrected chi connectivity index (χ3v) is 5.13. The second-order valence-corrected chi connectivity index (χ2v) is 7.73. The fraction of sp³-hybridized carbons (Fsp3) is 0.158. The zero-order valence-electron chi connectivity index (χ0n) is 14.3. The van der Waals surface area contributed by atoms with E-state index < -0.39 is 18.0 Å². The van der Waals surface area contributed by atoms with Crippen molar-refractivity contribution in [3.8, 4) is 5.75 Å². The van der Waals surface area contributed by atoms with Crippen LogP contribution in [0.25, 0.3) is 0 Å². The van der Waals surface area contributed by atoms with Gasteiger partial charge in [-0.3, -0.25) is 0 Å². The van der Waals surface area contributed by atoms with Crippen LogP contribution in [0.2, 0.25) is 0 Å². The first-order valence-electron chi connectivity index (χ1n) is 8.04. The average molecular weight is 496 g/mol. The maximum Gasteiger partial charge on any atom is 0.338 e. The summed E-state index contributed by atoms with van der Waals surface area (Å²) in [6, 6.07) is 11.3. The van der Waals surface area contributed by atoms with Gasteiger partial charge in [-0.05, 0) is 40.5 Å². The Labute approximate surface area is 172 Å². The number of nitrogens with one attached hydrogen (secondary N) is 2. The Kier molecular flexibility index (Phi) is 5.86. The molecule has 3 rings (SSSR count). The van der Waals surface area contributed by atoms with Crippen molar-refractivity contribution in [3.63, 3.8) is 0 Å². The van der Waals surface area contributed by atoms with Crippen LogP contribution < -0.4 is 10.6 Å². The quantitative estimate of drug-likeness (QED) is 0.552. The summed E-state index contributed by atoms with van der Waals surface area (Å²) in [6.45, 7) is 1.72. The third kappa shape index (κ3) is 4.33. The molecule has 1 aliphatic heterocycles. The predicted octanol–water partition coefficient (Wildman–Crippen LogP) is 4.29. The lowest BCUT2D eigenvalue weighted by molar-refractivity contribution is -0.140. The Balaban J connectivity index is 1.94. The van der Waals surface area contributed by atoms with Crippen molar-refractivity contribution in [3.05, 3.63) is 73.8 Å². The Morgan fingerprint density at radius 2 is 1.93 bits per heavy atom. The van der Waals surface area contributed by atoms with E-state index >= 15 is 0 Å². The summed E-state index contributed by atoms with van der Waals surface area (Å²) in [5.41, 5.74) is 1.82. The van der Waals surface area contributed by atoms with Gasteiger partial charge in [-0.2, -0.15) is 0 Å². The molecule has 2 aromatic rings. The van der Waals surface area contributed by atoms with E-state index in [0.29, 0.717) is 20.2 Å². The first-order valence-corrected chi connectivity index (χ1v) is 9.62. The van der Waals surface area contributed by atoms with Crippen molar-refractivity contribution in [2.45, 2.75) is 19.6 Å². The van der Waals surface area contributed by atoms with E-state index in [9.17, 15) is 14.7 Å². The molecule has 0 radical (unpaired) electrons. The van der Waals surface area contributed by atoms with Gasteiger partial charge in [0.15, 0.2) is 0 Å². The Morgan fingerprint density at radius 3 is 2.63 bits per heavy atom. The summed E-state index contributed by atoms with van der Waals surface area (Å²) in [4.78, 5) is 24.7. The zero-order chi connectivity index (χ0) is 19.6. The fourth-order valence-electron chi connectivity index (χ4n) is 2.80. The highest BCUT2D eigenvalue weighted by Crippen LogP contribution is 2.39. The van der Waals surface area contributed by atoms with Crippen molar-refractivity contribution >= 4 is 43.9 Å². The number of carbonyl (C=O) groups is 2. The number of benzene rings is 2. The van der Waals surface area contributed by atoms with E-state index in [-0.39, 0.29) is 17.9 Å². The summed E-state index contributed by atoms with van der Waals surface area (Å²) in [5.74, 6) is -0.643. The highest BCUT2D eigenvalue weighted by atomic mass is 79.9. The van der Waals surface area contributed by atoms with Crippen LogP contribution in [0.5, 0.6) is 5.75 Å². The minimum Gasteiger partial charge on any atom is -0.506 e. The Hall–Kier alpha value is -2.32. The summed E-state index contributed by atoms with van der Waals surface area (Å²) in [5, 5.41) is 15.7. The third-order valence-electron chi connectivity index (χ3n) is 4.07. The number of phenols is 1. The number of esters is 1. The minimum absolute atomic E-state index is 0.0634. The summed E-state index contributed by atoms with van der Waals surface area (Å²) >= 11 is 6.63. The van der Waals surface area contributed by atoms with Crippen molar-refractivity contribution in [2.75, 3.05) is 0 Å². The van der Waals surface area contributed by atoms with Crippen LogP contribution in [0.4, 0.5) is 4.79 Å². The molecular weight excluding hydrogens is 480 g/mol. The van der Waals surface area contributed by atoms with Crippen LogP contribution in [0.1, 0.15) is 24.1 Å². The number of amides is 2. The largest absolute Gasteiger partial charge is 0.506 e. The van der Waals surface area contributed by atoms with E-state index in [1.165, 1.54) is 0 Å². The van der Waals surface area contributed by atoms with Gasteiger partial charge in [-0.1, -0.05) is 46.3 Å². The minimum atomic E-state index is -0.851. The summed E-state index contributed by atoms with van der Waals surface area (Å²) < 4.78 is 6.56. The van der Waals surface area contributed by atoms with Gasteiger partial charge in [0.05, 0.1) is 16.1 Å². The summed E-state index contributed by atoms with van der Waals surface area (Å²) in [6.07, 6.45) is 0. The van der Waals surface area contributed by atoms with E-state index in [1.807, 2.05) is 30.3 Å². The van der Waals surface area contributed by atoms with Gasteiger partial charge in [0.2, 0.25) is 0 Å². The van der Waals surface area contributed by atoms with Gasteiger partial charge in [-0.25, -0.2) is 9.59 Å². The number of ether oxygens (including phenoxy) is 1. The molecule has 0 fully saturated rings. The number of hydrogen-bond acceptors (Lipinski definition) is 4. The van der Waals surface area contributed by atoms with Crippen LogP contribution in [-0.2, 0) is 16.1 Å². The molecule has 0 aliphatic carbocycles. The molecule has 1 unspecified atom stereocenters. The lowest BCUT2D eigenvalue weighted by atomic mass is 9.95.